The minimum atomic E-state index is 0. The fourth-order valence-corrected chi connectivity index (χ4v) is 3.29. The van der Waals surface area contributed by atoms with Crippen molar-refractivity contribution >= 4 is 41.5 Å². The molecular weight excluding hydrogens is 453 g/mol. The van der Waals surface area contributed by atoms with Crippen molar-refractivity contribution in [2.24, 2.45) is 4.99 Å². The third kappa shape index (κ3) is 6.41. The van der Waals surface area contributed by atoms with E-state index >= 15 is 0 Å². The molecule has 0 saturated carbocycles. The summed E-state index contributed by atoms with van der Waals surface area (Å²) in [5.74, 6) is 0.838. The Morgan fingerprint density at radius 2 is 1.89 bits per heavy atom. The SMILES string of the molecule is CCNC(=NCc1cccc(N2CC=CC2)c1)NCC(=O)N1CCCC1.I. The van der Waals surface area contributed by atoms with Gasteiger partial charge >= 0.3 is 0 Å². The van der Waals surface area contributed by atoms with Crippen LogP contribution in [-0.2, 0) is 11.3 Å². The van der Waals surface area contributed by atoms with Gasteiger partial charge in [0.15, 0.2) is 5.96 Å². The van der Waals surface area contributed by atoms with Crippen LogP contribution in [-0.4, -0.2) is 56.0 Å². The highest BCUT2D eigenvalue weighted by molar-refractivity contribution is 14.0. The van der Waals surface area contributed by atoms with E-state index in [0.29, 0.717) is 19.0 Å². The maximum absolute atomic E-state index is 12.2. The zero-order valence-electron chi connectivity index (χ0n) is 16.0. The number of hydrogen-bond donors (Lipinski definition) is 2. The first-order chi connectivity index (χ1) is 12.8. The molecule has 0 spiro atoms. The predicted molar refractivity (Wildman–Crippen MR) is 122 cm³/mol. The molecule has 0 unspecified atom stereocenters. The number of aliphatic imine (C=N–C) groups is 1. The molecule has 7 heteroatoms. The van der Waals surface area contributed by atoms with E-state index in [1.54, 1.807) is 0 Å². The van der Waals surface area contributed by atoms with Crippen molar-refractivity contribution in [1.82, 2.24) is 15.5 Å². The Kier molecular flexibility index (Phi) is 8.90. The number of carbonyl (C=O) groups excluding carboxylic acids is 1. The van der Waals surface area contributed by atoms with Crippen LogP contribution in [0.25, 0.3) is 0 Å². The van der Waals surface area contributed by atoms with Gasteiger partial charge in [0.25, 0.3) is 0 Å². The number of nitrogens with one attached hydrogen (secondary N) is 2. The summed E-state index contributed by atoms with van der Waals surface area (Å²) >= 11 is 0. The molecule has 2 N–H and O–H groups in total. The standard InChI is InChI=1S/C20H29N5O.HI/c1-2-21-20(23-16-19(26)25-12-5-6-13-25)22-15-17-8-7-9-18(14-17)24-10-3-4-11-24;/h3-4,7-9,14H,2,5-6,10-13,15-16H2,1H3,(H2,21,22,23);1H. The van der Waals surface area contributed by atoms with Crippen molar-refractivity contribution < 1.29 is 4.79 Å². The Labute approximate surface area is 179 Å². The smallest absolute Gasteiger partial charge is 0.241 e. The predicted octanol–water partition coefficient (Wildman–Crippen LogP) is 2.36. The fraction of sp³-hybridized carbons (Fsp3) is 0.500. The van der Waals surface area contributed by atoms with Gasteiger partial charge in [-0.1, -0.05) is 24.3 Å². The van der Waals surface area contributed by atoms with Gasteiger partial charge in [0.2, 0.25) is 5.91 Å². The van der Waals surface area contributed by atoms with E-state index in [0.717, 1.165) is 51.1 Å². The molecule has 3 rings (SSSR count). The second-order valence-electron chi connectivity index (χ2n) is 6.68. The van der Waals surface area contributed by atoms with Crippen LogP contribution in [0.2, 0.25) is 0 Å². The van der Waals surface area contributed by atoms with Crippen LogP contribution in [0.5, 0.6) is 0 Å². The molecule has 27 heavy (non-hydrogen) atoms. The summed E-state index contributed by atoms with van der Waals surface area (Å²) in [4.78, 5) is 21.1. The van der Waals surface area contributed by atoms with E-state index in [1.807, 2.05) is 11.8 Å². The summed E-state index contributed by atoms with van der Waals surface area (Å²) in [5.41, 5.74) is 2.39. The van der Waals surface area contributed by atoms with E-state index in [9.17, 15) is 4.79 Å². The molecule has 2 heterocycles. The topological polar surface area (TPSA) is 60.0 Å². The number of likely N-dealkylation sites (tertiary alicyclic amines) is 1. The molecule has 1 aromatic carbocycles. The molecule has 0 aromatic heterocycles. The average molecular weight is 483 g/mol. The highest BCUT2D eigenvalue weighted by atomic mass is 127. The minimum Gasteiger partial charge on any atom is -0.364 e. The molecular formula is C20H30IN5O. The Hall–Kier alpha value is -1.77. The quantitative estimate of drug-likeness (QED) is 0.282. The Morgan fingerprint density at radius 3 is 2.59 bits per heavy atom. The third-order valence-corrected chi connectivity index (χ3v) is 4.72. The van der Waals surface area contributed by atoms with Crippen LogP contribution < -0.4 is 15.5 Å². The van der Waals surface area contributed by atoms with Gasteiger partial charge in [-0.05, 0) is 37.5 Å². The molecule has 2 aliphatic heterocycles. The van der Waals surface area contributed by atoms with Crippen LogP contribution in [0.4, 0.5) is 5.69 Å². The minimum absolute atomic E-state index is 0. The number of carbonyl (C=O) groups is 1. The lowest BCUT2D eigenvalue weighted by atomic mass is 10.2. The lowest BCUT2D eigenvalue weighted by Gasteiger charge is -2.18. The van der Waals surface area contributed by atoms with Gasteiger partial charge in [-0.3, -0.25) is 4.79 Å². The van der Waals surface area contributed by atoms with Crippen molar-refractivity contribution in [2.45, 2.75) is 26.3 Å². The van der Waals surface area contributed by atoms with Crippen molar-refractivity contribution in [3.63, 3.8) is 0 Å². The summed E-state index contributed by atoms with van der Waals surface area (Å²) in [6.07, 6.45) is 6.61. The third-order valence-electron chi connectivity index (χ3n) is 4.72. The van der Waals surface area contributed by atoms with Crippen LogP contribution >= 0.6 is 24.0 Å². The largest absolute Gasteiger partial charge is 0.364 e. The fourth-order valence-electron chi connectivity index (χ4n) is 3.29. The Bertz CT molecular complexity index is 662. The number of nitrogens with zero attached hydrogens (tertiary/aromatic N) is 3. The molecule has 0 atom stereocenters. The highest BCUT2D eigenvalue weighted by Crippen LogP contribution is 2.18. The lowest BCUT2D eigenvalue weighted by Crippen LogP contribution is -2.44. The van der Waals surface area contributed by atoms with Crippen molar-refractivity contribution in [1.29, 1.82) is 0 Å². The molecule has 2 aliphatic rings. The maximum atomic E-state index is 12.2. The summed E-state index contributed by atoms with van der Waals surface area (Å²) in [5, 5.41) is 6.38. The summed E-state index contributed by atoms with van der Waals surface area (Å²) in [7, 11) is 0. The number of benzene rings is 1. The second-order valence-corrected chi connectivity index (χ2v) is 6.68. The van der Waals surface area contributed by atoms with Crippen LogP contribution in [0, 0.1) is 0 Å². The Morgan fingerprint density at radius 1 is 1.15 bits per heavy atom. The molecule has 148 valence electrons. The number of amides is 1. The monoisotopic (exact) mass is 483 g/mol. The number of halogens is 1. The first-order valence-electron chi connectivity index (χ1n) is 9.55. The molecule has 0 radical (unpaired) electrons. The van der Waals surface area contributed by atoms with E-state index in [1.165, 1.54) is 5.69 Å². The molecule has 1 amide bonds. The maximum Gasteiger partial charge on any atom is 0.241 e. The first kappa shape index (κ1) is 21.5. The van der Waals surface area contributed by atoms with Gasteiger partial charge in [0.1, 0.15) is 0 Å². The van der Waals surface area contributed by atoms with Gasteiger partial charge < -0.3 is 20.4 Å². The summed E-state index contributed by atoms with van der Waals surface area (Å²) in [6.45, 7) is 7.38. The second kappa shape index (κ2) is 11.2. The highest BCUT2D eigenvalue weighted by Gasteiger charge is 2.17. The van der Waals surface area contributed by atoms with Gasteiger partial charge in [0, 0.05) is 38.4 Å². The van der Waals surface area contributed by atoms with Crippen LogP contribution in [0.1, 0.15) is 25.3 Å². The molecule has 1 aromatic rings. The zero-order chi connectivity index (χ0) is 18.2. The molecule has 1 fully saturated rings. The summed E-state index contributed by atoms with van der Waals surface area (Å²) < 4.78 is 0. The normalized spacial score (nSPS) is 16.4. The molecule has 0 bridgehead atoms. The van der Waals surface area contributed by atoms with E-state index in [4.69, 9.17) is 0 Å². The number of rotatable bonds is 6. The Balaban J connectivity index is 0.00000261. The lowest BCUT2D eigenvalue weighted by molar-refractivity contribution is -0.128. The van der Waals surface area contributed by atoms with E-state index < -0.39 is 0 Å². The molecule has 1 saturated heterocycles. The number of hydrogen-bond acceptors (Lipinski definition) is 3. The van der Waals surface area contributed by atoms with Gasteiger partial charge in [-0.25, -0.2) is 4.99 Å². The van der Waals surface area contributed by atoms with Gasteiger partial charge in [-0.2, -0.15) is 0 Å². The van der Waals surface area contributed by atoms with Crippen LogP contribution in [0.3, 0.4) is 0 Å². The van der Waals surface area contributed by atoms with Crippen molar-refractivity contribution in [3.8, 4) is 0 Å². The van der Waals surface area contributed by atoms with Crippen LogP contribution in [0.15, 0.2) is 41.4 Å². The number of anilines is 1. The number of guanidine groups is 1. The van der Waals surface area contributed by atoms with Crippen molar-refractivity contribution in [3.05, 3.63) is 42.0 Å². The van der Waals surface area contributed by atoms with E-state index in [-0.39, 0.29) is 29.9 Å². The van der Waals surface area contributed by atoms with Crippen molar-refractivity contribution in [2.75, 3.05) is 44.2 Å². The van der Waals surface area contributed by atoms with E-state index in [2.05, 4.69) is 56.9 Å². The molecule has 6 nitrogen and oxygen atoms in total. The first-order valence-corrected chi connectivity index (χ1v) is 9.55. The average Bonchev–Trinajstić information content (AvgIpc) is 3.38. The summed E-state index contributed by atoms with van der Waals surface area (Å²) in [6, 6.07) is 8.50. The van der Waals surface area contributed by atoms with Gasteiger partial charge in [-0.15, -0.1) is 24.0 Å². The zero-order valence-corrected chi connectivity index (χ0v) is 18.3. The van der Waals surface area contributed by atoms with Gasteiger partial charge in [0.05, 0.1) is 13.1 Å². The molecule has 0 aliphatic carbocycles.